The van der Waals surface area contributed by atoms with Crippen LogP contribution >= 0.6 is 25.3 Å². The van der Waals surface area contributed by atoms with Gasteiger partial charge in [-0.3, -0.25) is 0 Å². The van der Waals surface area contributed by atoms with Gasteiger partial charge in [0.25, 0.3) is 0 Å². The molecule has 0 fully saturated rings. The van der Waals surface area contributed by atoms with Crippen LogP contribution in [0.25, 0.3) is 0 Å². The van der Waals surface area contributed by atoms with E-state index in [1.807, 2.05) is 84.9 Å². The van der Waals surface area contributed by atoms with Crippen molar-refractivity contribution in [3.8, 4) is 23.0 Å². The van der Waals surface area contributed by atoms with Crippen LogP contribution in [0.5, 0.6) is 23.0 Å². The molecule has 388 valence electrons. The maximum absolute atomic E-state index is 5.91. The van der Waals surface area contributed by atoms with Crippen LogP contribution in [0.15, 0.2) is 94.7 Å². The molecule has 0 amide bonds. The van der Waals surface area contributed by atoms with Gasteiger partial charge in [-0.05, 0) is 46.5 Å². The Labute approximate surface area is 424 Å². The van der Waals surface area contributed by atoms with E-state index in [0.29, 0.717) is 208 Å². The summed E-state index contributed by atoms with van der Waals surface area (Å²) in [7, 11) is 0. The molecule has 0 saturated carbocycles. The van der Waals surface area contributed by atoms with Crippen molar-refractivity contribution in [1.82, 2.24) is 0 Å². The predicted molar refractivity (Wildman–Crippen MR) is 267 cm³/mol. The average molecular weight is 1020 g/mol. The molecular weight excluding hydrogens is 945 g/mol. The summed E-state index contributed by atoms with van der Waals surface area (Å²) < 4.78 is 92.6. The molecule has 16 nitrogen and oxygen atoms in total. The maximum Gasteiger partial charge on any atom is 0.161 e. The van der Waals surface area contributed by atoms with Gasteiger partial charge in [0.2, 0.25) is 0 Å². The van der Waals surface area contributed by atoms with Crippen LogP contribution in [-0.4, -0.2) is 159 Å². The highest BCUT2D eigenvalue weighted by Crippen LogP contribution is 2.28. The molecule has 0 N–H and O–H groups in total. The molecular formula is C52H72O16S2. The molecule has 0 atom stereocenters. The molecule has 1 aliphatic heterocycles. The van der Waals surface area contributed by atoms with Crippen LogP contribution < -0.4 is 18.9 Å². The van der Waals surface area contributed by atoms with Crippen molar-refractivity contribution < 1.29 is 75.8 Å². The zero-order chi connectivity index (χ0) is 48.8. The summed E-state index contributed by atoms with van der Waals surface area (Å²) in [5.74, 6) is 2.57. The molecule has 0 aliphatic carbocycles. The summed E-state index contributed by atoms with van der Waals surface area (Å²) in [5, 5.41) is 0. The van der Waals surface area contributed by atoms with Crippen molar-refractivity contribution in [3.63, 3.8) is 0 Å². The van der Waals surface area contributed by atoms with E-state index < -0.39 is 0 Å². The van der Waals surface area contributed by atoms with Gasteiger partial charge in [-0.15, -0.1) is 25.3 Å². The quantitative estimate of drug-likeness (QED) is 0.173. The van der Waals surface area contributed by atoms with Crippen molar-refractivity contribution in [2.75, 3.05) is 159 Å². The highest BCUT2D eigenvalue weighted by Gasteiger charge is 2.10. The van der Waals surface area contributed by atoms with Gasteiger partial charge in [-0.2, -0.15) is 0 Å². The lowest BCUT2D eigenvalue weighted by molar-refractivity contribution is 0.00328. The van der Waals surface area contributed by atoms with Crippen LogP contribution in [0.3, 0.4) is 0 Å². The summed E-state index contributed by atoms with van der Waals surface area (Å²) in [4.78, 5) is 1.70. The second-order valence-electron chi connectivity index (χ2n) is 15.2. The second kappa shape index (κ2) is 38.0. The fraction of sp³-hybridized carbons (Fsp3) is 0.538. The van der Waals surface area contributed by atoms with Gasteiger partial charge in [0.1, 0.15) is 26.4 Å². The summed E-state index contributed by atoms with van der Waals surface area (Å²) in [6, 6.07) is 27.0. The SMILES string of the molecule is Sc1c2cccc1COCCOCCOCCOc1ccccc1OCCOCCOCCOCc1cccc(c1S)COCCOCCOCCOc1ccccc1OCCOCCOCCOC2. The van der Waals surface area contributed by atoms with Crippen molar-refractivity contribution >= 4 is 25.3 Å². The largest absolute Gasteiger partial charge is 0.487 e. The van der Waals surface area contributed by atoms with Crippen LogP contribution in [0, 0.1) is 0 Å². The fourth-order valence-corrected chi connectivity index (χ4v) is 7.02. The Bertz CT molecular complexity index is 1680. The van der Waals surface area contributed by atoms with Crippen molar-refractivity contribution in [2.24, 2.45) is 0 Å². The molecule has 0 radical (unpaired) electrons. The van der Waals surface area contributed by atoms with E-state index in [1.54, 1.807) is 0 Å². The van der Waals surface area contributed by atoms with Crippen molar-refractivity contribution in [2.45, 2.75) is 36.2 Å². The Hall–Kier alpha value is -3.70. The molecule has 70 heavy (non-hydrogen) atoms. The summed E-state index contributed by atoms with van der Waals surface area (Å²) in [6.07, 6.45) is 0. The van der Waals surface area contributed by atoms with E-state index in [4.69, 9.17) is 101 Å². The predicted octanol–water partition coefficient (Wildman–Crippen LogP) is 7.09. The summed E-state index contributed by atoms with van der Waals surface area (Å²) in [6.45, 7) is 11.9. The van der Waals surface area contributed by atoms with E-state index >= 15 is 0 Å². The van der Waals surface area contributed by atoms with Gasteiger partial charge in [-0.25, -0.2) is 0 Å². The molecule has 0 aromatic heterocycles. The van der Waals surface area contributed by atoms with E-state index in [2.05, 4.69) is 0 Å². The van der Waals surface area contributed by atoms with Crippen LogP contribution in [0.2, 0.25) is 0 Å². The Morgan fingerprint density at radius 3 is 0.614 bits per heavy atom. The third-order valence-corrected chi connectivity index (χ3v) is 11.2. The van der Waals surface area contributed by atoms with E-state index in [-0.39, 0.29) is 0 Å². The number of thiol groups is 2. The number of rotatable bonds is 0. The Morgan fingerprint density at radius 2 is 0.400 bits per heavy atom. The monoisotopic (exact) mass is 1020 g/mol. The van der Waals surface area contributed by atoms with Crippen LogP contribution in [0.1, 0.15) is 22.3 Å². The van der Waals surface area contributed by atoms with Gasteiger partial charge in [0.15, 0.2) is 23.0 Å². The molecule has 1 heterocycles. The molecule has 4 aromatic rings. The lowest BCUT2D eigenvalue weighted by Gasteiger charge is -2.13. The first-order valence-electron chi connectivity index (χ1n) is 23.9. The van der Waals surface area contributed by atoms with Gasteiger partial charge in [0.05, 0.1) is 159 Å². The number of benzene rings is 4. The number of hydrogen-bond donors (Lipinski definition) is 2. The lowest BCUT2D eigenvalue weighted by atomic mass is 10.1. The Morgan fingerprint density at radius 1 is 0.214 bits per heavy atom. The zero-order valence-electron chi connectivity index (χ0n) is 40.3. The highest BCUT2D eigenvalue weighted by atomic mass is 32.1. The fourth-order valence-electron chi connectivity index (χ4n) is 6.46. The molecule has 0 spiro atoms. The topological polar surface area (TPSA) is 148 Å². The number of hydrogen-bond acceptors (Lipinski definition) is 18. The molecule has 4 bridgehead atoms. The molecule has 0 unspecified atom stereocenters. The van der Waals surface area contributed by atoms with Crippen molar-refractivity contribution in [1.29, 1.82) is 0 Å². The Kier molecular flexibility index (Phi) is 31.0. The summed E-state index contributed by atoms with van der Waals surface area (Å²) in [5.41, 5.74) is 3.93. The lowest BCUT2D eigenvalue weighted by Crippen LogP contribution is -2.14. The van der Waals surface area contributed by atoms with E-state index in [0.717, 1.165) is 32.0 Å². The number of ether oxygens (including phenoxy) is 16. The average Bonchev–Trinajstić information content (AvgIpc) is 3.37. The van der Waals surface area contributed by atoms with Gasteiger partial charge >= 0.3 is 0 Å². The van der Waals surface area contributed by atoms with Crippen LogP contribution in [-0.2, 0) is 83.3 Å². The smallest absolute Gasteiger partial charge is 0.161 e. The second-order valence-corrected chi connectivity index (χ2v) is 16.1. The molecule has 1 aliphatic rings. The minimum Gasteiger partial charge on any atom is -0.487 e. The molecule has 18 heteroatoms. The first-order valence-corrected chi connectivity index (χ1v) is 24.8. The first-order chi connectivity index (χ1) is 34.7. The Balaban J connectivity index is 0.976. The third-order valence-electron chi connectivity index (χ3n) is 10.1. The van der Waals surface area contributed by atoms with Crippen LogP contribution in [0.4, 0.5) is 0 Å². The number of para-hydroxylation sites is 4. The van der Waals surface area contributed by atoms with Gasteiger partial charge in [-0.1, -0.05) is 60.7 Å². The maximum atomic E-state index is 5.91. The van der Waals surface area contributed by atoms with Crippen molar-refractivity contribution in [3.05, 3.63) is 107 Å². The van der Waals surface area contributed by atoms with Gasteiger partial charge < -0.3 is 75.8 Å². The van der Waals surface area contributed by atoms with E-state index in [1.165, 1.54) is 0 Å². The van der Waals surface area contributed by atoms with E-state index in [9.17, 15) is 0 Å². The third kappa shape index (κ3) is 24.6. The zero-order valence-corrected chi connectivity index (χ0v) is 42.1. The minimum absolute atomic E-state index is 0.370. The summed E-state index contributed by atoms with van der Waals surface area (Å²) >= 11 is 9.48. The number of fused-ring (bicyclic) bond motifs is 6. The first kappa shape index (κ1) is 57.2. The minimum atomic E-state index is 0.370. The normalized spacial score (nSPS) is 18.9. The molecule has 5 rings (SSSR count). The van der Waals surface area contributed by atoms with Gasteiger partial charge in [0, 0.05) is 9.79 Å². The molecule has 4 aromatic carbocycles. The standard InChI is InChI=1S/C52H72O16S2/c69-51-43-7-5-9-45(51)41-63-29-25-55-17-21-59-33-37-67-49-13-3-4-14-50(49)68-38-34-60-22-18-56-26-30-64-42-46-10-6-8-44(52(46)70)40-62-28-24-54-16-20-58-32-36-66-48-12-2-1-11-47(48)65-35-31-57-19-15-53-23-27-61-39-43/h1-14,69-70H,15-42H2. The highest BCUT2D eigenvalue weighted by molar-refractivity contribution is 7.80. The molecule has 0 saturated heterocycles.